The summed E-state index contributed by atoms with van der Waals surface area (Å²) in [4.78, 5) is 12.7. The van der Waals surface area contributed by atoms with Gasteiger partial charge in [-0.25, -0.2) is 8.42 Å². The summed E-state index contributed by atoms with van der Waals surface area (Å²) in [5, 5.41) is -0.170. The molecule has 0 unspecified atom stereocenters. The van der Waals surface area contributed by atoms with Gasteiger partial charge in [0.15, 0.2) is 12.0 Å². The van der Waals surface area contributed by atoms with Gasteiger partial charge in [0.2, 0.25) is 5.09 Å². The maximum Gasteiger partial charge on any atom is 0.276 e. The second-order valence-electron chi connectivity index (χ2n) is 4.83. The largest absolute Gasteiger partial charge is 0.440 e. The van der Waals surface area contributed by atoms with E-state index in [1.807, 2.05) is 7.05 Å². The first kappa shape index (κ1) is 14.2. The van der Waals surface area contributed by atoms with Gasteiger partial charge in [0, 0.05) is 13.1 Å². The molecule has 0 aromatic carbocycles. The van der Waals surface area contributed by atoms with E-state index < -0.39 is 10.0 Å². The summed E-state index contributed by atoms with van der Waals surface area (Å²) in [5.74, 6) is 0.0235. The van der Waals surface area contributed by atoms with E-state index in [1.165, 1.54) is 16.4 Å². The van der Waals surface area contributed by atoms with Crippen LogP contribution >= 0.6 is 0 Å². The molecule has 1 aliphatic rings. The molecule has 0 saturated carbocycles. The number of aldehydes is 1. The first-order valence-corrected chi connectivity index (χ1v) is 7.60. The van der Waals surface area contributed by atoms with Crippen molar-refractivity contribution in [3.8, 4) is 0 Å². The lowest BCUT2D eigenvalue weighted by Gasteiger charge is -2.33. The number of sulfonamides is 1. The molecular weight excluding hydrogens is 268 g/mol. The second kappa shape index (κ2) is 5.44. The van der Waals surface area contributed by atoms with Gasteiger partial charge in [-0.3, -0.25) is 4.79 Å². The topological polar surface area (TPSA) is 70.8 Å². The Kier molecular flexibility index (Phi) is 4.07. The summed E-state index contributed by atoms with van der Waals surface area (Å²) in [6, 6.07) is 2.67. The minimum Gasteiger partial charge on any atom is -0.440 e. The van der Waals surface area contributed by atoms with Crippen molar-refractivity contribution in [2.45, 2.75) is 24.0 Å². The average Bonchev–Trinajstić information content (AvgIpc) is 2.88. The molecule has 2 rings (SSSR count). The number of piperidine rings is 1. The standard InChI is InChI=1S/C12H18N2O4S/c1-13-7-5-10(6-8-13)14(2)19(16,17)12-4-3-11(9-15)18-12/h3-4,9-10H,5-8H2,1-2H3. The smallest absolute Gasteiger partial charge is 0.276 e. The molecular formula is C12H18N2O4S. The highest BCUT2D eigenvalue weighted by Crippen LogP contribution is 2.23. The van der Waals surface area contributed by atoms with Gasteiger partial charge >= 0.3 is 0 Å². The van der Waals surface area contributed by atoms with E-state index in [9.17, 15) is 13.2 Å². The van der Waals surface area contributed by atoms with E-state index in [-0.39, 0.29) is 16.9 Å². The van der Waals surface area contributed by atoms with Crippen molar-refractivity contribution in [3.63, 3.8) is 0 Å². The number of hydrogen-bond acceptors (Lipinski definition) is 5. The first-order chi connectivity index (χ1) is 8.95. The summed E-state index contributed by atoms with van der Waals surface area (Å²) >= 11 is 0. The first-order valence-electron chi connectivity index (χ1n) is 6.16. The van der Waals surface area contributed by atoms with Crippen molar-refractivity contribution >= 4 is 16.3 Å². The molecule has 0 N–H and O–H groups in total. The van der Waals surface area contributed by atoms with Crippen LogP contribution in [-0.2, 0) is 10.0 Å². The van der Waals surface area contributed by atoms with Crippen LogP contribution in [0.2, 0.25) is 0 Å². The quantitative estimate of drug-likeness (QED) is 0.766. The predicted octanol–water partition coefficient (Wildman–Crippen LogP) is 0.807. The monoisotopic (exact) mass is 286 g/mol. The van der Waals surface area contributed by atoms with E-state index in [2.05, 4.69) is 4.90 Å². The zero-order chi connectivity index (χ0) is 14.0. The van der Waals surface area contributed by atoms with E-state index >= 15 is 0 Å². The zero-order valence-corrected chi connectivity index (χ0v) is 11.9. The molecule has 19 heavy (non-hydrogen) atoms. The molecule has 6 nitrogen and oxygen atoms in total. The van der Waals surface area contributed by atoms with Crippen LogP contribution in [0.25, 0.3) is 0 Å². The Morgan fingerprint density at radius 2 is 2.00 bits per heavy atom. The third-order valence-electron chi connectivity index (χ3n) is 3.55. The van der Waals surface area contributed by atoms with Crippen LogP contribution in [0.3, 0.4) is 0 Å². The predicted molar refractivity (Wildman–Crippen MR) is 69.6 cm³/mol. The van der Waals surface area contributed by atoms with Crippen molar-refractivity contribution in [2.75, 3.05) is 27.2 Å². The second-order valence-corrected chi connectivity index (χ2v) is 6.76. The molecule has 1 aromatic rings. The van der Waals surface area contributed by atoms with Gasteiger partial charge in [-0.2, -0.15) is 4.31 Å². The van der Waals surface area contributed by atoms with Crippen LogP contribution in [-0.4, -0.2) is 57.1 Å². The maximum atomic E-state index is 12.3. The summed E-state index contributed by atoms with van der Waals surface area (Å²) < 4.78 is 31.1. The Labute approximate surface area is 113 Å². The van der Waals surface area contributed by atoms with Crippen LogP contribution in [0.15, 0.2) is 21.6 Å². The molecule has 2 heterocycles. The molecule has 1 saturated heterocycles. The molecule has 106 valence electrons. The highest BCUT2D eigenvalue weighted by atomic mass is 32.2. The maximum absolute atomic E-state index is 12.3. The highest BCUT2D eigenvalue weighted by molar-refractivity contribution is 7.89. The van der Waals surface area contributed by atoms with Crippen molar-refractivity contribution in [3.05, 3.63) is 17.9 Å². The summed E-state index contributed by atoms with van der Waals surface area (Å²) in [5.41, 5.74) is 0. The van der Waals surface area contributed by atoms with Gasteiger partial charge in [-0.15, -0.1) is 0 Å². The molecule has 1 aliphatic heterocycles. The third kappa shape index (κ3) is 2.88. The minimum atomic E-state index is -3.66. The van der Waals surface area contributed by atoms with Crippen LogP contribution in [0, 0.1) is 0 Å². The third-order valence-corrected chi connectivity index (χ3v) is 5.34. The summed E-state index contributed by atoms with van der Waals surface area (Å²) in [6.45, 7) is 1.75. The molecule has 1 fully saturated rings. The number of furan rings is 1. The molecule has 0 spiro atoms. The lowest BCUT2D eigenvalue weighted by atomic mass is 10.1. The Hall–Kier alpha value is -1.18. The fourth-order valence-corrected chi connectivity index (χ4v) is 3.56. The SMILES string of the molecule is CN1CCC(N(C)S(=O)(=O)c2ccc(C=O)o2)CC1. The molecule has 0 amide bonds. The molecule has 0 radical (unpaired) electrons. The molecule has 0 aliphatic carbocycles. The Bertz CT molecular complexity index is 544. The lowest BCUT2D eigenvalue weighted by Crippen LogP contribution is -2.44. The van der Waals surface area contributed by atoms with Crippen LogP contribution in [0.1, 0.15) is 23.4 Å². The summed E-state index contributed by atoms with van der Waals surface area (Å²) in [6.07, 6.45) is 2.09. The lowest BCUT2D eigenvalue weighted by molar-refractivity contribution is 0.109. The van der Waals surface area contributed by atoms with Crippen LogP contribution in [0.5, 0.6) is 0 Å². The van der Waals surface area contributed by atoms with E-state index in [4.69, 9.17) is 4.42 Å². The average molecular weight is 286 g/mol. The fraction of sp³-hybridized carbons (Fsp3) is 0.583. The van der Waals surface area contributed by atoms with Gasteiger partial charge in [-0.05, 0) is 45.1 Å². The number of carbonyl (C=O) groups excluding carboxylic acids is 1. The van der Waals surface area contributed by atoms with Gasteiger partial charge in [-0.1, -0.05) is 0 Å². The molecule has 7 heteroatoms. The highest BCUT2D eigenvalue weighted by Gasteiger charge is 2.32. The number of rotatable bonds is 4. The number of likely N-dealkylation sites (tertiary alicyclic amines) is 1. The van der Waals surface area contributed by atoms with Crippen LogP contribution in [0.4, 0.5) is 0 Å². The normalized spacial score (nSPS) is 18.9. The van der Waals surface area contributed by atoms with Gasteiger partial charge in [0.25, 0.3) is 10.0 Å². The number of nitrogens with zero attached hydrogens (tertiary/aromatic N) is 2. The van der Waals surface area contributed by atoms with Crippen molar-refractivity contribution < 1.29 is 17.6 Å². The Balaban J connectivity index is 2.17. The van der Waals surface area contributed by atoms with Gasteiger partial charge in [0.05, 0.1) is 0 Å². The van der Waals surface area contributed by atoms with Crippen molar-refractivity contribution in [1.82, 2.24) is 9.21 Å². The van der Waals surface area contributed by atoms with Crippen molar-refractivity contribution in [1.29, 1.82) is 0 Å². The van der Waals surface area contributed by atoms with Gasteiger partial charge in [0.1, 0.15) is 0 Å². The fourth-order valence-electron chi connectivity index (χ4n) is 2.23. The minimum absolute atomic E-state index is 0.0222. The summed E-state index contributed by atoms with van der Waals surface area (Å²) in [7, 11) is -0.0707. The van der Waals surface area contributed by atoms with E-state index in [0.717, 1.165) is 25.9 Å². The number of hydrogen-bond donors (Lipinski definition) is 0. The van der Waals surface area contributed by atoms with Crippen LogP contribution < -0.4 is 0 Å². The van der Waals surface area contributed by atoms with E-state index in [1.54, 1.807) is 7.05 Å². The van der Waals surface area contributed by atoms with Gasteiger partial charge < -0.3 is 9.32 Å². The molecule has 0 bridgehead atoms. The molecule has 0 atom stereocenters. The number of carbonyl (C=O) groups is 1. The Morgan fingerprint density at radius 3 is 2.53 bits per heavy atom. The van der Waals surface area contributed by atoms with E-state index in [0.29, 0.717) is 6.29 Å². The van der Waals surface area contributed by atoms with Crippen molar-refractivity contribution in [2.24, 2.45) is 0 Å². The zero-order valence-electron chi connectivity index (χ0n) is 11.1. The Morgan fingerprint density at radius 1 is 1.37 bits per heavy atom. The molecule has 1 aromatic heterocycles.